The third-order valence-corrected chi connectivity index (χ3v) is 4.57. The van der Waals surface area contributed by atoms with E-state index in [1.54, 1.807) is 6.92 Å². The topological polar surface area (TPSA) is 93.0 Å². The molecule has 0 radical (unpaired) electrons. The lowest BCUT2D eigenvalue weighted by Crippen LogP contribution is -2.29. The van der Waals surface area contributed by atoms with Gasteiger partial charge in [0.05, 0.1) is 6.54 Å². The smallest absolute Gasteiger partial charge is 0.253 e. The van der Waals surface area contributed by atoms with Crippen LogP contribution in [0.2, 0.25) is 0 Å². The molecule has 0 unspecified atom stereocenters. The molecule has 2 heterocycles. The zero-order valence-electron chi connectivity index (χ0n) is 14.3. The summed E-state index contributed by atoms with van der Waals surface area (Å²) in [5.41, 5.74) is 1.78. The van der Waals surface area contributed by atoms with Crippen molar-refractivity contribution < 1.29 is 13.9 Å². The van der Waals surface area contributed by atoms with Gasteiger partial charge in [-0.2, -0.15) is 0 Å². The van der Waals surface area contributed by atoms with Crippen molar-refractivity contribution in [2.24, 2.45) is 5.41 Å². The van der Waals surface area contributed by atoms with Crippen LogP contribution in [0.5, 0.6) is 5.75 Å². The van der Waals surface area contributed by atoms with Crippen LogP contribution in [0.4, 0.5) is 0 Å². The van der Waals surface area contributed by atoms with Gasteiger partial charge < -0.3 is 19.5 Å². The van der Waals surface area contributed by atoms with Gasteiger partial charge >= 0.3 is 0 Å². The number of aromatic amines is 1. The quantitative estimate of drug-likeness (QED) is 0.720. The predicted molar refractivity (Wildman–Crippen MR) is 90.9 cm³/mol. The molecule has 7 heteroatoms. The Balaban J connectivity index is 1.41. The van der Waals surface area contributed by atoms with Crippen LogP contribution in [-0.4, -0.2) is 21.1 Å². The summed E-state index contributed by atoms with van der Waals surface area (Å²) in [6.45, 7) is 4.47. The fraction of sp³-hybridized carbons (Fsp3) is 0.389. The van der Waals surface area contributed by atoms with Crippen molar-refractivity contribution in [1.29, 1.82) is 0 Å². The molecule has 0 bridgehead atoms. The number of carbonyl (C=O) groups is 1. The molecule has 2 N–H and O–H groups in total. The van der Waals surface area contributed by atoms with Crippen LogP contribution in [0.3, 0.4) is 0 Å². The number of nitrogens with zero attached hydrogens (tertiary/aromatic N) is 2. The van der Waals surface area contributed by atoms with E-state index in [1.807, 2.05) is 31.2 Å². The highest BCUT2D eigenvalue weighted by molar-refractivity contribution is 5.85. The summed E-state index contributed by atoms with van der Waals surface area (Å²) in [5.74, 6) is 1.81. The number of rotatable bonds is 6. The molecule has 25 heavy (non-hydrogen) atoms. The maximum absolute atomic E-state index is 12.0. The van der Waals surface area contributed by atoms with Crippen LogP contribution in [0.25, 0.3) is 10.9 Å². The summed E-state index contributed by atoms with van der Waals surface area (Å²) < 4.78 is 11.0. The molecular weight excluding hydrogens is 320 g/mol. The summed E-state index contributed by atoms with van der Waals surface area (Å²) >= 11 is 0. The van der Waals surface area contributed by atoms with E-state index in [2.05, 4.69) is 20.5 Å². The van der Waals surface area contributed by atoms with Crippen molar-refractivity contribution in [2.75, 3.05) is 0 Å². The molecule has 3 aromatic rings. The van der Waals surface area contributed by atoms with Gasteiger partial charge in [-0.1, -0.05) is 6.92 Å². The molecule has 0 saturated heterocycles. The maximum Gasteiger partial charge on any atom is 0.253 e. The fourth-order valence-electron chi connectivity index (χ4n) is 2.70. The number of H-pyrrole nitrogens is 1. The number of ether oxygens (including phenoxy) is 1. The Kier molecular flexibility index (Phi) is 3.71. The molecule has 2 aromatic heterocycles. The number of amides is 1. The normalized spacial score (nSPS) is 15.3. The Morgan fingerprint density at radius 3 is 2.92 bits per heavy atom. The number of hydrogen-bond donors (Lipinski definition) is 2. The Morgan fingerprint density at radius 2 is 2.20 bits per heavy atom. The van der Waals surface area contributed by atoms with Gasteiger partial charge in [0.2, 0.25) is 11.8 Å². The second-order valence-corrected chi connectivity index (χ2v) is 6.79. The number of fused-ring (bicyclic) bond motifs is 1. The molecule has 130 valence electrons. The van der Waals surface area contributed by atoms with Gasteiger partial charge in [0.15, 0.2) is 6.61 Å². The lowest BCUT2D eigenvalue weighted by Gasteiger charge is -2.08. The number of carbonyl (C=O) groups excluding carboxylic acids is 1. The Hall–Kier alpha value is -2.83. The number of aryl methyl sites for hydroxylation is 1. The van der Waals surface area contributed by atoms with Gasteiger partial charge in [0.1, 0.15) is 5.75 Å². The highest BCUT2D eigenvalue weighted by Crippen LogP contribution is 2.45. The molecule has 1 amide bonds. The van der Waals surface area contributed by atoms with Gasteiger partial charge in [-0.05, 0) is 36.4 Å². The average Bonchev–Trinajstić information content (AvgIpc) is 3.04. The first-order valence-electron chi connectivity index (χ1n) is 8.34. The van der Waals surface area contributed by atoms with Crippen molar-refractivity contribution in [2.45, 2.75) is 39.8 Å². The van der Waals surface area contributed by atoms with Crippen molar-refractivity contribution >= 4 is 16.8 Å². The van der Waals surface area contributed by atoms with E-state index < -0.39 is 0 Å². The van der Waals surface area contributed by atoms with Crippen molar-refractivity contribution in [3.05, 3.63) is 41.7 Å². The van der Waals surface area contributed by atoms with E-state index in [0.717, 1.165) is 29.4 Å². The predicted octanol–water partition coefficient (Wildman–Crippen LogP) is 2.85. The molecule has 1 aliphatic carbocycles. The number of aromatic nitrogens is 3. The molecule has 1 aromatic carbocycles. The van der Waals surface area contributed by atoms with Crippen LogP contribution < -0.4 is 10.1 Å². The second kappa shape index (κ2) is 5.91. The zero-order valence-corrected chi connectivity index (χ0v) is 14.3. The molecule has 7 nitrogen and oxygen atoms in total. The summed E-state index contributed by atoms with van der Waals surface area (Å²) in [5, 5.41) is 11.7. The van der Waals surface area contributed by atoms with E-state index in [1.165, 1.54) is 0 Å². The van der Waals surface area contributed by atoms with Crippen molar-refractivity contribution in [3.63, 3.8) is 0 Å². The molecule has 0 aliphatic heterocycles. The summed E-state index contributed by atoms with van der Waals surface area (Å²) in [6.07, 6.45) is 1.96. The Bertz CT molecular complexity index is 923. The lowest BCUT2D eigenvalue weighted by atomic mass is 10.1. The highest BCUT2D eigenvalue weighted by atomic mass is 16.5. The molecule has 4 rings (SSSR count). The van der Waals surface area contributed by atoms with Crippen LogP contribution in [-0.2, 0) is 17.9 Å². The van der Waals surface area contributed by atoms with Crippen LogP contribution in [0, 0.1) is 12.3 Å². The van der Waals surface area contributed by atoms with E-state index in [4.69, 9.17) is 9.15 Å². The van der Waals surface area contributed by atoms with Gasteiger partial charge in [-0.15, -0.1) is 10.2 Å². The molecule has 1 aliphatic rings. The minimum atomic E-state index is -0.153. The van der Waals surface area contributed by atoms with Gasteiger partial charge in [0.25, 0.3) is 5.89 Å². The number of benzene rings is 1. The van der Waals surface area contributed by atoms with E-state index in [0.29, 0.717) is 24.1 Å². The standard InChI is InChI=1S/C18H20N4O3/c1-11-21-22-16(25-11)10-24-14-4-3-12-7-13(20-15(12)8-14)9-19-17(23)18(2)5-6-18/h3-4,7-8,20H,5-6,9-10H2,1-2H3,(H,19,23). The molecule has 1 fully saturated rings. The maximum atomic E-state index is 12.0. The van der Waals surface area contributed by atoms with E-state index >= 15 is 0 Å². The van der Waals surface area contributed by atoms with Gasteiger partial charge in [-0.25, -0.2) is 0 Å². The van der Waals surface area contributed by atoms with Crippen LogP contribution >= 0.6 is 0 Å². The minimum Gasteiger partial charge on any atom is -0.484 e. The van der Waals surface area contributed by atoms with Crippen LogP contribution in [0.1, 0.15) is 37.2 Å². The lowest BCUT2D eigenvalue weighted by molar-refractivity contribution is -0.125. The highest BCUT2D eigenvalue weighted by Gasteiger charge is 2.44. The summed E-state index contributed by atoms with van der Waals surface area (Å²) in [6, 6.07) is 7.84. The van der Waals surface area contributed by atoms with E-state index in [9.17, 15) is 4.79 Å². The SMILES string of the molecule is Cc1nnc(COc2ccc3cc(CNC(=O)C4(C)CC4)[nH]c3c2)o1. The first kappa shape index (κ1) is 15.7. The van der Waals surface area contributed by atoms with Crippen LogP contribution in [0.15, 0.2) is 28.7 Å². The van der Waals surface area contributed by atoms with Gasteiger partial charge in [-0.3, -0.25) is 4.79 Å². The van der Waals surface area contributed by atoms with Crippen molar-refractivity contribution in [1.82, 2.24) is 20.5 Å². The first-order valence-corrected chi connectivity index (χ1v) is 8.34. The van der Waals surface area contributed by atoms with E-state index in [-0.39, 0.29) is 17.9 Å². The summed E-state index contributed by atoms with van der Waals surface area (Å²) in [7, 11) is 0. The third-order valence-electron chi connectivity index (χ3n) is 4.57. The minimum absolute atomic E-state index is 0.130. The molecule has 0 spiro atoms. The average molecular weight is 340 g/mol. The van der Waals surface area contributed by atoms with Gasteiger partial charge in [0, 0.05) is 29.6 Å². The van der Waals surface area contributed by atoms with Crippen molar-refractivity contribution in [3.8, 4) is 5.75 Å². The molecule has 0 atom stereocenters. The zero-order chi connectivity index (χ0) is 17.4. The Morgan fingerprint density at radius 1 is 1.36 bits per heavy atom. The summed E-state index contributed by atoms with van der Waals surface area (Å²) in [4.78, 5) is 15.3. The third kappa shape index (κ3) is 3.35. The molecule has 1 saturated carbocycles. The molecular formula is C18H20N4O3. The fourth-order valence-corrected chi connectivity index (χ4v) is 2.70. The number of nitrogens with one attached hydrogen (secondary N) is 2. The largest absolute Gasteiger partial charge is 0.484 e. The first-order chi connectivity index (χ1) is 12.0. The number of hydrogen-bond acceptors (Lipinski definition) is 5. The Labute approximate surface area is 144 Å². The second-order valence-electron chi connectivity index (χ2n) is 6.79. The monoisotopic (exact) mass is 340 g/mol.